The summed E-state index contributed by atoms with van der Waals surface area (Å²) in [6, 6.07) is 9.19. The Bertz CT molecular complexity index is 1470. The van der Waals surface area contributed by atoms with Gasteiger partial charge in [-0.2, -0.15) is 0 Å². The van der Waals surface area contributed by atoms with Crippen LogP contribution in [-0.4, -0.2) is 29.3 Å². The van der Waals surface area contributed by atoms with Crippen LogP contribution in [0.2, 0.25) is 5.02 Å². The minimum Gasteiger partial charge on any atom is -0.490 e. The molecule has 1 atom stereocenters. The van der Waals surface area contributed by atoms with E-state index in [9.17, 15) is 9.59 Å². The van der Waals surface area contributed by atoms with Crippen molar-refractivity contribution in [3.05, 3.63) is 86.7 Å². The molecule has 8 nitrogen and oxygen atoms in total. The van der Waals surface area contributed by atoms with E-state index in [1.54, 1.807) is 36.4 Å². The molecule has 1 aliphatic rings. The number of fused-ring (bicyclic) bond motifs is 2. The van der Waals surface area contributed by atoms with Crippen LogP contribution < -0.4 is 19.8 Å². The van der Waals surface area contributed by atoms with Crippen LogP contribution in [0.5, 0.6) is 11.5 Å². The summed E-state index contributed by atoms with van der Waals surface area (Å²) < 4.78 is 17.4. The lowest BCUT2D eigenvalue weighted by Gasteiger charge is -2.23. The van der Waals surface area contributed by atoms with E-state index >= 15 is 0 Å². The maximum Gasteiger partial charge on any atom is 0.297 e. The molecule has 1 amide bonds. The monoisotopic (exact) mass is 495 g/mol. The third kappa shape index (κ3) is 3.63. The largest absolute Gasteiger partial charge is 0.490 e. The molecule has 0 bridgehead atoms. The van der Waals surface area contributed by atoms with Crippen molar-refractivity contribution in [2.24, 2.45) is 0 Å². The highest BCUT2D eigenvalue weighted by Gasteiger charge is 2.45. The molecule has 1 unspecified atom stereocenters. The molecule has 0 fully saturated rings. The van der Waals surface area contributed by atoms with Crippen LogP contribution >= 0.6 is 22.9 Å². The second-order valence-electron chi connectivity index (χ2n) is 7.35. The van der Waals surface area contributed by atoms with Gasteiger partial charge in [-0.25, -0.2) is 0 Å². The summed E-state index contributed by atoms with van der Waals surface area (Å²) in [6.07, 6.45) is 1.63. The molecule has 1 aliphatic heterocycles. The van der Waals surface area contributed by atoms with E-state index in [2.05, 4.69) is 16.8 Å². The van der Waals surface area contributed by atoms with Crippen LogP contribution in [0.4, 0.5) is 5.13 Å². The Morgan fingerprint density at radius 1 is 1.21 bits per heavy atom. The van der Waals surface area contributed by atoms with Crippen LogP contribution in [0, 0.1) is 0 Å². The Hall–Kier alpha value is -3.69. The Kier molecular flexibility index (Phi) is 5.80. The van der Waals surface area contributed by atoms with Crippen molar-refractivity contribution < 1.29 is 18.7 Å². The van der Waals surface area contributed by atoms with E-state index < -0.39 is 11.9 Å². The predicted octanol–water partition coefficient (Wildman–Crippen LogP) is 5.01. The molecule has 3 heterocycles. The number of benzene rings is 2. The highest BCUT2D eigenvalue weighted by molar-refractivity contribution is 7.13. The highest BCUT2D eigenvalue weighted by atomic mass is 35.5. The molecule has 0 saturated heterocycles. The third-order valence-electron chi connectivity index (χ3n) is 5.33. The van der Waals surface area contributed by atoms with Gasteiger partial charge in [0.05, 0.1) is 23.6 Å². The van der Waals surface area contributed by atoms with Crippen LogP contribution in [-0.2, 0) is 0 Å². The molecule has 0 saturated carbocycles. The summed E-state index contributed by atoms with van der Waals surface area (Å²) in [5, 5.41) is 8.97. The maximum atomic E-state index is 13.6. The van der Waals surface area contributed by atoms with Crippen LogP contribution in [0.3, 0.4) is 0 Å². The zero-order valence-electron chi connectivity index (χ0n) is 18.0. The SMILES string of the molecule is C=CCOc1ccc(C2c3c(oc4ccc(Cl)cc4c3=O)C(=O)N2c2nncs2)cc1OCC. The fourth-order valence-electron chi connectivity index (χ4n) is 3.96. The summed E-state index contributed by atoms with van der Waals surface area (Å²) in [5.74, 6) is 0.489. The number of hydrogen-bond acceptors (Lipinski definition) is 8. The molecule has 0 spiro atoms. The molecule has 34 heavy (non-hydrogen) atoms. The number of amides is 1. The zero-order chi connectivity index (χ0) is 23.8. The maximum absolute atomic E-state index is 13.6. The number of aromatic nitrogens is 2. The van der Waals surface area contributed by atoms with Crippen molar-refractivity contribution in [3.63, 3.8) is 0 Å². The average Bonchev–Trinajstić information content (AvgIpc) is 3.46. The molecule has 0 radical (unpaired) electrons. The first-order valence-electron chi connectivity index (χ1n) is 10.4. The summed E-state index contributed by atoms with van der Waals surface area (Å²) in [4.78, 5) is 28.6. The summed E-state index contributed by atoms with van der Waals surface area (Å²) in [7, 11) is 0. The molecule has 172 valence electrons. The van der Waals surface area contributed by atoms with Crippen molar-refractivity contribution >= 4 is 44.9 Å². The van der Waals surface area contributed by atoms with Crippen molar-refractivity contribution in [2.45, 2.75) is 13.0 Å². The van der Waals surface area contributed by atoms with Crippen molar-refractivity contribution in [3.8, 4) is 11.5 Å². The molecule has 5 rings (SSSR count). The molecular formula is C24H18ClN3O5S. The number of nitrogens with zero attached hydrogens (tertiary/aromatic N) is 3. The quantitative estimate of drug-likeness (QED) is 0.332. The van der Waals surface area contributed by atoms with E-state index in [4.69, 9.17) is 25.5 Å². The van der Waals surface area contributed by atoms with Gasteiger partial charge in [0.15, 0.2) is 16.9 Å². The fraction of sp³-hybridized carbons (Fsp3) is 0.167. The number of hydrogen-bond donors (Lipinski definition) is 0. The minimum atomic E-state index is -0.803. The summed E-state index contributed by atoms with van der Waals surface area (Å²) in [5.41, 5.74) is 2.30. The number of rotatable bonds is 7. The van der Waals surface area contributed by atoms with Crippen molar-refractivity contribution in [1.29, 1.82) is 0 Å². The molecule has 10 heteroatoms. The highest BCUT2D eigenvalue weighted by Crippen LogP contribution is 2.43. The fourth-order valence-corrected chi connectivity index (χ4v) is 4.72. The van der Waals surface area contributed by atoms with Crippen molar-refractivity contribution in [1.82, 2.24) is 10.2 Å². The molecule has 2 aromatic heterocycles. The normalized spacial score (nSPS) is 14.9. The van der Waals surface area contributed by atoms with E-state index in [0.717, 1.165) is 0 Å². The smallest absolute Gasteiger partial charge is 0.297 e. The lowest BCUT2D eigenvalue weighted by molar-refractivity contribution is 0.0970. The first kappa shape index (κ1) is 22.1. The van der Waals surface area contributed by atoms with Gasteiger partial charge in [-0.1, -0.05) is 41.7 Å². The van der Waals surface area contributed by atoms with Crippen LogP contribution in [0.15, 0.2) is 63.8 Å². The standard InChI is InChI=1S/C24H18ClN3O5S/c1-3-9-32-17-7-5-13(10-18(17)31-4-2)20-19-21(29)15-11-14(25)6-8-16(15)33-22(19)23(30)28(20)24-27-26-12-34-24/h3,5-8,10-12,20H,1,4,9H2,2H3. The Labute approximate surface area is 203 Å². The van der Waals surface area contributed by atoms with Crippen LogP contribution in [0.25, 0.3) is 11.0 Å². The topological polar surface area (TPSA) is 94.8 Å². The lowest BCUT2D eigenvalue weighted by atomic mass is 9.98. The van der Waals surface area contributed by atoms with Crippen molar-refractivity contribution in [2.75, 3.05) is 18.1 Å². The summed E-state index contributed by atoms with van der Waals surface area (Å²) in [6.45, 7) is 6.23. The van der Waals surface area contributed by atoms with Gasteiger partial charge in [-0.15, -0.1) is 10.2 Å². The molecule has 0 N–H and O–H groups in total. The minimum absolute atomic E-state index is 0.0371. The zero-order valence-corrected chi connectivity index (χ0v) is 19.6. The Morgan fingerprint density at radius 2 is 2.06 bits per heavy atom. The molecule has 4 aromatic rings. The molecule has 2 aromatic carbocycles. The number of halogens is 1. The summed E-state index contributed by atoms with van der Waals surface area (Å²) >= 11 is 7.32. The van der Waals surface area contributed by atoms with Gasteiger partial charge < -0.3 is 13.9 Å². The van der Waals surface area contributed by atoms with Gasteiger partial charge in [-0.3, -0.25) is 14.5 Å². The molecule has 0 aliphatic carbocycles. The van der Waals surface area contributed by atoms with Gasteiger partial charge in [0.25, 0.3) is 5.91 Å². The Morgan fingerprint density at radius 3 is 2.79 bits per heavy atom. The van der Waals surface area contributed by atoms with E-state index in [-0.39, 0.29) is 22.3 Å². The van der Waals surface area contributed by atoms with Gasteiger partial charge in [0.2, 0.25) is 10.9 Å². The second-order valence-corrected chi connectivity index (χ2v) is 8.60. The lowest BCUT2D eigenvalue weighted by Crippen LogP contribution is -2.29. The van der Waals surface area contributed by atoms with E-state index in [0.29, 0.717) is 45.8 Å². The first-order chi connectivity index (χ1) is 16.5. The van der Waals surface area contributed by atoms with Crippen LogP contribution in [0.1, 0.15) is 34.6 Å². The third-order valence-corrected chi connectivity index (χ3v) is 6.25. The first-order valence-corrected chi connectivity index (χ1v) is 11.7. The van der Waals surface area contributed by atoms with E-state index in [1.807, 2.05) is 6.92 Å². The van der Waals surface area contributed by atoms with Gasteiger partial charge in [0.1, 0.15) is 17.7 Å². The molecular weight excluding hydrogens is 478 g/mol. The van der Waals surface area contributed by atoms with E-state index in [1.165, 1.54) is 27.8 Å². The predicted molar refractivity (Wildman–Crippen MR) is 129 cm³/mol. The van der Waals surface area contributed by atoms with Gasteiger partial charge >= 0.3 is 0 Å². The number of carbonyl (C=O) groups is 1. The van der Waals surface area contributed by atoms with Gasteiger partial charge in [-0.05, 0) is 42.8 Å². The second kappa shape index (κ2) is 8.92. The number of carbonyl (C=O) groups excluding carboxylic acids is 1. The number of anilines is 1. The average molecular weight is 496 g/mol. The van der Waals surface area contributed by atoms with Gasteiger partial charge in [0, 0.05) is 5.02 Å². The number of ether oxygens (including phenoxy) is 2. The Balaban J connectivity index is 1.75.